The second kappa shape index (κ2) is 7.14. The quantitative estimate of drug-likeness (QED) is 0.825. The molecular weight excluding hydrogens is 242 g/mol. The zero-order valence-corrected chi connectivity index (χ0v) is 11.4. The maximum Gasteiger partial charge on any atom is 0.305 e. The molecule has 0 atom stereocenters. The maximum absolute atomic E-state index is 11.1. The number of carbonyl (C=O) groups is 1. The van der Waals surface area contributed by atoms with E-state index in [0.717, 1.165) is 37.2 Å². The van der Waals surface area contributed by atoms with Crippen LogP contribution in [0.3, 0.4) is 0 Å². The molecule has 1 heterocycles. The van der Waals surface area contributed by atoms with Gasteiger partial charge in [-0.1, -0.05) is 12.1 Å². The molecule has 1 fully saturated rings. The SMILES string of the molecule is COC(=O)CCc1cccc(OC2CCNCC2)c1. The van der Waals surface area contributed by atoms with Gasteiger partial charge in [-0.05, 0) is 50.0 Å². The molecule has 4 nitrogen and oxygen atoms in total. The molecule has 0 bridgehead atoms. The van der Waals surface area contributed by atoms with Gasteiger partial charge in [0.25, 0.3) is 0 Å². The highest BCUT2D eigenvalue weighted by atomic mass is 16.5. The molecule has 0 aromatic heterocycles. The highest BCUT2D eigenvalue weighted by Gasteiger charge is 2.14. The Morgan fingerprint density at radius 2 is 2.16 bits per heavy atom. The summed E-state index contributed by atoms with van der Waals surface area (Å²) in [4.78, 5) is 11.1. The molecule has 2 rings (SSSR count). The molecule has 0 spiro atoms. The lowest BCUT2D eigenvalue weighted by Crippen LogP contribution is -2.34. The molecule has 1 aliphatic heterocycles. The van der Waals surface area contributed by atoms with E-state index in [2.05, 4.69) is 10.1 Å². The van der Waals surface area contributed by atoms with Crippen LogP contribution >= 0.6 is 0 Å². The first kappa shape index (κ1) is 13.9. The fourth-order valence-corrected chi connectivity index (χ4v) is 2.23. The van der Waals surface area contributed by atoms with Gasteiger partial charge in [-0.3, -0.25) is 4.79 Å². The summed E-state index contributed by atoms with van der Waals surface area (Å²) in [6, 6.07) is 7.98. The fourth-order valence-electron chi connectivity index (χ4n) is 2.23. The number of hydrogen-bond donors (Lipinski definition) is 1. The number of benzene rings is 1. The predicted molar refractivity (Wildman–Crippen MR) is 73.3 cm³/mol. The van der Waals surface area contributed by atoms with Crippen molar-refractivity contribution in [2.45, 2.75) is 31.8 Å². The Morgan fingerprint density at radius 1 is 1.37 bits per heavy atom. The highest BCUT2D eigenvalue weighted by Crippen LogP contribution is 2.19. The van der Waals surface area contributed by atoms with E-state index in [1.165, 1.54) is 7.11 Å². The van der Waals surface area contributed by atoms with Gasteiger partial charge < -0.3 is 14.8 Å². The number of esters is 1. The predicted octanol–water partition coefficient (Wildman–Crippen LogP) is 1.92. The lowest BCUT2D eigenvalue weighted by atomic mass is 10.1. The molecule has 4 heteroatoms. The van der Waals surface area contributed by atoms with Crippen molar-refractivity contribution in [3.8, 4) is 5.75 Å². The van der Waals surface area contributed by atoms with E-state index in [-0.39, 0.29) is 5.97 Å². The van der Waals surface area contributed by atoms with Crippen LogP contribution in [0.15, 0.2) is 24.3 Å². The van der Waals surface area contributed by atoms with Crippen LogP contribution in [0.25, 0.3) is 0 Å². The van der Waals surface area contributed by atoms with E-state index >= 15 is 0 Å². The van der Waals surface area contributed by atoms with E-state index in [1.54, 1.807) is 0 Å². The highest BCUT2D eigenvalue weighted by molar-refractivity contribution is 5.69. The number of nitrogens with one attached hydrogen (secondary N) is 1. The van der Waals surface area contributed by atoms with Crippen LogP contribution < -0.4 is 10.1 Å². The second-order valence-electron chi connectivity index (χ2n) is 4.79. The summed E-state index contributed by atoms with van der Waals surface area (Å²) in [5.74, 6) is 0.721. The van der Waals surface area contributed by atoms with Gasteiger partial charge in [-0.25, -0.2) is 0 Å². The van der Waals surface area contributed by atoms with Gasteiger partial charge in [0.1, 0.15) is 11.9 Å². The number of ether oxygens (including phenoxy) is 2. The van der Waals surface area contributed by atoms with Crippen molar-refractivity contribution < 1.29 is 14.3 Å². The molecule has 1 aliphatic rings. The lowest BCUT2D eigenvalue weighted by Gasteiger charge is -2.24. The summed E-state index contributed by atoms with van der Waals surface area (Å²) in [7, 11) is 1.42. The van der Waals surface area contributed by atoms with Crippen LogP contribution in [0.1, 0.15) is 24.8 Å². The standard InChI is InChI=1S/C15H21NO3/c1-18-15(17)6-5-12-3-2-4-14(11-12)19-13-7-9-16-10-8-13/h2-4,11,13,16H,5-10H2,1H3. The Balaban J connectivity index is 1.88. The normalized spacial score (nSPS) is 16.1. The summed E-state index contributed by atoms with van der Waals surface area (Å²) in [6.45, 7) is 2.04. The van der Waals surface area contributed by atoms with Crippen LogP contribution in [-0.2, 0) is 16.0 Å². The molecular formula is C15H21NO3. The summed E-state index contributed by atoms with van der Waals surface area (Å²) in [5, 5.41) is 3.32. The van der Waals surface area contributed by atoms with Gasteiger partial charge in [-0.2, -0.15) is 0 Å². The first-order valence-electron chi connectivity index (χ1n) is 6.81. The number of piperidine rings is 1. The van der Waals surface area contributed by atoms with Crippen LogP contribution in [0, 0.1) is 0 Å². The summed E-state index contributed by atoms with van der Waals surface area (Å²) < 4.78 is 10.6. The Labute approximate surface area is 114 Å². The zero-order chi connectivity index (χ0) is 13.5. The average molecular weight is 263 g/mol. The average Bonchev–Trinajstić information content (AvgIpc) is 2.46. The number of aryl methyl sites for hydroxylation is 1. The van der Waals surface area contributed by atoms with Crippen LogP contribution in [0.4, 0.5) is 0 Å². The van der Waals surface area contributed by atoms with E-state index < -0.39 is 0 Å². The Morgan fingerprint density at radius 3 is 2.89 bits per heavy atom. The van der Waals surface area contributed by atoms with Crippen molar-refractivity contribution in [1.82, 2.24) is 5.32 Å². The smallest absolute Gasteiger partial charge is 0.305 e. The van der Waals surface area contributed by atoms with Crippen LogP contribution in [0.5, 0.6) is 5.75 Å². The third-order valence-electron chi connectivity index (χ3n) is 3.33. The van der Waals surface area contributed by atoms with Gasteiger partial charge in [0.05, 0.1) is 7.11 Å². The van der Waals surface area contributed by atoms with Crippen molar-refractivity contribution in [3.63, 3.8) is 0 Å². The fraction of sp³-hybridized carbons (Fsp3) is 0.533. The summed E-state index contributed by atoms with van der Waals surface area (Å²) >= 11 is 0. The molecule has 1 aromatic carbocycles. The molecule has 0 aliphatic carbocycles. The first-order valence-corrected chi connectivity index (χ1v) is 6.81. The molecule has 1 saturated heterocycles. The Bertz CT molecular complexity index is 414. The minimum atomic E-state index is -0.176. The van der Waals surface area contributed by atoms with Crippen molar-refractivity contribution >= 4 is 5.97 Å². The molecule has 0 saturated carbocycles. The van der Waals surface area contributed by atoms with Gasteiger partial charge in [0.2, 0.25) is 0 Å². The number of carbonyl (C=O) groups excluding carboxylic acids is 1. The number of methoxy groups -OCH3 is 1. The third kappa shape index (κ3) is 4.56. The minimum Gasteiger partial charge on any atom is -0.490 e. The zero-order valence-electron chi connectivity index (χ0n) is 11.4. The van der Waals surface area contributed by atoms with Gasteiger partial charge >= 0.3 is 5.97 Å². The molecule has 19 heavy (non-hydrogen) atoms. The molecule has 1 aromatic rings. The number of hydrogen-bond acceptors (Lipinski definition) is 4. The summed E-state index contributed by atoms with van der Waals surface area (Å²) in [5.41, 5.74) is 1.11. The Hall–Kier alpha value is -1.55. The van der Waals surface area contributed by atoms with Crippen molar-refractivity contribution in [1.29, 1.82) is 0 Å². The summed E-state index contributed by atoms with van der Waals surface area (Å²) in [6.07, 6.45) is 3.50. The van der Waals surface area contributed by atoms with Crippen molar-refractivity contribution in [3.05, 3.63) is 29.8 Å². The van der Waals surface area contributed by atoms with Gasteiger partial charge in [0, 0.05) is 6.42 Å². The maximum atomic E-state index is 11.1. The molecule has 0 radical (unpaired) electrons. The first-order chi connectivity index (χ1) is 9.28. The van der Waals surface area contributed by atoms with E-state index in [0.29, 0.717) is 18.9 Å². The molecule has 0 amide bonds. The molecule has 104 valence electrons. The van der Waals surface area contributed by atoms with Crippen molar-refractivity contribution in [2.75, 3.05) is 20.2 Å². The third-order valence-corrected chi connectivity index (χ3v) is 3.33. The molecule has 0 unspecified atom stereocenters. The second-order valence-corrected chi connectivity index (χ2v) is 4.79. The Kier molecular flexibility index (Phi) is 5.21. The van der Waals surface area contributed by atoms with Gasteiger partial charge in [0.15, 0.2) is 0 Å². The lowest BCUT2D eigenvalue weighted by molar-refractivity contribution is -0.140. The van der Waals surface area contributed by atoms with E-state index in [4.69, 9.17) is 4.74 Å². The van der Waals surface area contributed by atoms with Crippen LogP contribution in [0.2, 0.25) is 0 Å². The largest absolute Gasteiger partial charge is 0.490 e. The number of rotatable bonds is 5. The van der Waals surface area contributed by atoms with E-state index in [9.17, 15) is 4.79 Å². The van der Waals surface area contributed by atoms with E-state index in [1.807, 2.05) is 24.3 Å². The topological polar surface area (TPSA) is 47.6 Å². The minimum absolute atomic E-state index is 0.176. The van der Waals surface area contributed by atoms with Crippen LogP contribution in [-0.4, -0.2) is 32.3 Å². The van der Waals surface area contributed by atoms with Gasteiger partial charge in [-0.15, -0.1) is 0 Å². The molecule has 1 N–H and O–H groups in total. The monoisotopic (exact) mass is 263 g/mol. The van der Waals surface area contributed by atoms with Crippen molar-refractivity contribution in [2.24, 2.45) is 0 Å².